The van der Waals surface area contributed by atoms with Gasteiger partial charge in [0.1, 0.15) is 12.3 Å². The molecule has 1 aromatic rings. The Morgan fingerprint density at radius 3 is 2.68 bits per heavy atom. The van der Waals surface area contributed by atoms with Gasteiger partial charge in [0.2, 0.25) is 0 Å². The number of amides is 1. The van der Waals surface area contributed by atoms with Crippen LogP contribution in [0, 0.1) is 0 Å². The van der Waals surface area contributed by atoms with Crippen molar-refractivity contribution < 1.29 is 19.4 Å². The van der Waals surface area contributed by atoms with Crippen LogP contribution in [0.3, 0.4) is 0 Å². The molecule has 0 fully saturated rings. The number of hydrogen-bond acceptors (Lipinski definition) is 4. The van der Waals surface area contributed by atoms with E-state index in [0.717, 1.165) is 4.90 Å². The summed E-state index contributed by atoms with van der Waals surface area (Å²) in [5.41, 5.74) is 6.24. The standard InChI is InChI=1S/C13H16N2O4/c1-3-6-15(8-12(16)17)13(18)10-5-4-9(19-2)7-11(10)14/h3-5,7H,1,6,8,14H2,2H3,(H,16,17). The van der Waals surface area contributed by atoms with Crippen molar-refractivity contribution in [2.75, 3.05) is 25.9 Å². The zero-order chi connectivity index (χ0) is 14.4. The number of carboxylic acids is 1. The Morgan fingerprint density at radius 2 is 2.21 bits per heavy atom. The van der Waals surface area contributed by atoms with Crippen molar-refractivity contribution in [3.05, 3.63) is 36.4 Å². The molecule has 1 rings (SSSR count). The smallest absolute Gasteiger partial charge is 0.323 e. The third-order valence-corrected chi connectivity index (χ3v) is 2.45. The van der Waals surface area contributed by atoms with Crippen molar-refractivity contribution >= 4 is 17.6 Å². The average Bonchev–Trinajstić information content (AvgIpc) is 2.36. The lowest BCUT2D eigenvalue weighted by atomic mass is 10.1. The average molecular weight is 264 g/mol. The number of aliphatic carboxylic acids is 1. The van der Waals surface area contributed by atoms with Crippen LogP contribution < -0.4 is 10.5 Å². The maximum atomic E-state index is 12.2. The monoisotopic (exact) mass is 264 g/mol. The first-order chi connectivity index (χ1) is 8.99. The van der Waals surface area contributed by atoms with Crippen LogP contribution in [0.4, 0.5) is 5.69 Å². The van der Waals surface area contributed by atoms with E-state index in [9.17, 15) is 9.59 Å². The number of rotatable bonds is 6. The number of carbonyl (C=O) groups excluding carboxylic acids is 1. The molecule has 0 heterocycles. The SMILES string of the molecule is C=CCN(CC(=O)O)C(=O)c1ccc(OC)cc1N. The molecule has 0 aliphatic carbocycles. The second-order valence-electron chi connectivity index (χ2n) is 3.82. The Morgan fingerprint density at radius 1 is 1.53 bits per heavy atom. The number of carboxylic acid groups (broad SMARTS) is 1. The first kappa shape index (κ1) is 14.6. The Balaban J connectivity index is 3.01. The van der Waals surface area contributed by atoms with Gasteiger partial charge in [0, 0.05) is 18.3 Å². The van der Waals surface area contributed by atoms with E-state index < -0.39 is 18.4 Å². The number of carbonyl (C=O) groups is 2. The maximum Gasteiger partial charge on any atom is 0.323 e. The highest BCUT2D eigenvalue weighted by Gasteiger charge is 2.19. The van der Waals surface area contributed by atoms with E-state index in [0.29, 0.717) is 5.75 Å². The van der Waals surface area contributed by atoms with Crippen LogP contribution in [0.2, 0.25) is 0 Å². The number of methoxy groups -OCH3 is 1. The molecule has 0 radical (unpaired) electrons. The van der Waals surface area contributed by atoms with E-state index in [4.69, 9.17) is 15.6 Å². The highest BCUT2D eigenvalue weighted by molar-refractivity contribution is 6.00. The normalized spacial score (nSPS) is 9.74. The van der Waals surface area contributed by atoms with Gasteiger partial charge in [0.05, 0.1) is 12.7 Å². The summed E-state index contributed by atoms with van der Waals surface area (Å²) >= 11 is 0. The summed E-state index contributed by atoms with van der Waals surface area (Å²) in [5, 5.41) is 8.78. The second-order valence-corrected chi connectivity index (χ2v) is 3.82. The van der Waals surface area contributed by atoms with Crippen molar-refractivity contribution in [2.24, 2.45) is 0 Å². The quantitative estimate of drug-likeness (QED) is 0.590. The zero-order valence-electron chi connectivity index (χ0n) is 10.6. The number of nitrogen functional groups attached to an aromatic ring is 1. The molecule has 0 spiro atoms. The van der Waals surface area contributed by atoms with Crippen LogP contribution in [-0.4, -0.2) is 42.1 Å². The minimum absolute atomic E-state index is 0.136. The summed E-state index contributed by atoms with van der Waals surface area (Å²) in [5.74, 6) is -1.02. The van der Waals surface area contributed by atoms with Crippen LogP contribution in [0.5, 0.6) is 5.75 Å². The van der Waals surface area contributed by atoms with Crippen molar-refractivity contribution in [2.45, 2.75) is 0 Å². The van der Waals surface area contributed by atoms with E-state index >= 15 is 0 Å². The van der Waals surface area contributed by atoms with Gasteiger partial charge in [-0.1, -0.05) is 6.08 Å². The predicted octanol–water partition coefficient (Wildman–Crippen LogP) is 0.990. The lowest BCUT2D eigenvalue weighted by Gasteiger charge is -2.19. The summed E-state index contributed by atoms with van der Waals surface area (Å²) < 4.78 is 4.99. The van der Waals surface area contributed by atoms with E-state index in [1.807, 2.05) is 0 Å². The topological polar surface area (TPSA) is 92.9 Å². The molecular formula is C13H16N2O4. The van der Waals surface area contributed by atoms with Gasteiger partial charge in [-0.3, -0.25) is 9.59 Å². The molecule has 0 atom stereocenters. The lowest BCUT2D eigenvalue weighted by Crippen LogP contribution is -2.36. The summed E-state index contributed by atoms with van der Waals surface area (Å²) in [7, 11) is 1.49. The highest BCUT2D eigenvalue weighted by atomic mass is 16.5. The largest absolute Gasteiger partial charge is 0.497 e. The molecule has 6 heteroatoms. The summed E-state index contributed by atoms with van der Waals surface area (Å²) in [6.07, 6.45) is 1.46. The molecule has 0 bridgehead atoms. The van der Waals surface area contributed by atoms with Crippen LogP contribution in [-0.2, 0) is 4.79 Å². The highest BCUT2D eigenvalue weighted by Crippen LogP contribution is 2.21. The van der Waals surface area contributed by atoms with Crippen molar-refractivity contribution in [3.8, 4) is 5.75 Å². The lowest BCUT2D eigenvalue weighted by molar-refractivity contribution is -0.137. The van der Waals surface area contributed by atoms with Gasteiger partial charge in [-0.05, 0) is 12.1 Å². The zero-order valence-corrected chi connectivity index (χ0v) is 10.6. The molecule has 19 heavy (non-hydrogen) atoms. The van der Waals surface area contributed by atoms with Gasteiger partial charge < -0.3 is 20.5 Å². The molecule has 102 valence electrons. The summed E-state index contributed by atoms with van der Waals surface area (Å²) in [6.45, 7) is 3.22. The number of hydrogen-bond donors (Lipinski definition) is 2. The Labute approximate surface area is 111 Å². The van der Waals surface area contributed by atoms with Gasteiger partial charge in [0.15, 0.2) is 0 Å². The number of benzene rings is 1. The Bertz CT molecular complexity index is 499. The number of ether oxygens (including phenoxy) is 1. The number of anilines is 1. The first-order valence-corrected chi connectivity index (χ1v) is 5.55. The van der Waals surface area contributed by atoms with Crippen molar-refractivity contribution in [1.29, 1.82) is 0 Å². The third-order valence-electron chi connectivity index (χ3n) is 2.45. The van der Waals surface area contributed by atoms with Crippen molar-refractivity contribution in [3.63, 3.8) is 0 Å². The van der Waals surface area contributed by atoms with Gasteiger partial charge in [-0.15, -0.1) is 6.58 Å². The first-order valence-electron chi connectivity index (χ1n) is 5.55. The van der Waals surface area contributed by atoms with Crippen LogP contribution in [0.1, 0.15) is 10.4 Å². The minimum atomic E-state index is -1.10. The number of nitrogens with zero attached hydrogens (tertiary/aromatic N) is 1. The fraction of sp³-hybridized carbons (Fsp3) is 0.231. The summed E-state index contributed by atoms with van der Waals surface area (Å²) in [6, 6.07) is 4.62. The molecule has 3 N–H and O–H groups in total. The fourth-order valence-corrected chi connectivity index (χ4v) is 1.57. The number of nitrogens with two attached hydrogens (primary N) is 1. The molecular weight excluding hydrogens is 248 g/mol. The van der Waals surface area contributed by atoms with Crippen LogP contribution in [0.25, 0.3) is 0 Å². The molecule has 0 saturated heterocycles. The van der Waals surface area contributed by atoms with Gasteiger partial charge >= 0.3 is 5.97 Å². The van der Waals surface area contributed by atoms with Gasteiger partial charge in [-0.2, -0.15) is 0 Å². The fourth-order valence-electron chi connectivity index (χ4n) is 1.57. The van der Waals surface area contributed by atoms with E-state index in [1.165, 1.54) is 25.3 Å². The summed E-state index contributed by atoms with van der Waals surface area (Å²) in [4.78, 5) is 24.1. The molecule has 0 aromatic heterocycles. The molecule has 6 nitrogen and oxygen atoms in total. The van der Waals surface area contributed by atoms with Crippen LogP contribution >= 0.6 is 0 Å². The van der Waals surface area contributed by atoms with Gasteiger partial charge in [-0.25, -0.2) is 0 Å². The molecule has 0 saturated carbocycles. The van der Waals surface area contributed by atoms with Crippen molar-refractivity contribution in [1.82, 2.24) is 4.90 Å². The van der Waals surface area contributed by atoms with E-state index in [2.05, 4.69) is 6.58 Å². The van der Waals surface area contributed by atoms with E-state index in [-0.39, 0.29) is 17.8 Å². The van der Waals surface area contributed by atoms with E-state index in [1.54, 1.807) is 6.07 Å². The molecule has 1 amide bonds. The maximum absolute atomic E-state index is 12.2. The van der Waals surface area contributed by atoms with Crippen LogP contribution in [0.15, 0.2) is 30.9 Å². The van der Waals surface area contributed by atoms with Gasteiger partial charge in [0.25, 0.3) is 5.91 Å². The Hall–Kier alpha value is -2.50. The third kappa shape index (κ3) is 3.74. The predicted molar refractivity (Wildman–Crippen MR) is 71.1 cm³/mol. The molecule has 1 aromatic carbocycles. The molecule has 0 unspecified atom stereocenters. The molecule has 0 aliphatic rings. The minimum Gasteiger partial charge on any atom is -0.497 e. The molecule has 0 aliphatic heterocycles. The second kappa shape index (κ2) is 6.44. The Kier molecular flexibility index (Phi) is 4.93.